The van der Waals surface area contributed by atoms with Crippen molar-refractivity contribution in [2.24, 2.45) is 0 Å². The Morgan fingerprint density at radius 3 is 2.25 bits per heavy atom. The largest absolute Gasteiger partial charge is 0.343 e. The maximum Gasteiger partial charge on any atom is 0.222 e. The van der Waals surface area contributed by atoms with Crippen LogP contribution in [0.3, 0.4) is 0 Å². The lowest BCUT2D eigenvalue weighted by atomic mass is 10.4. The Morgan fingerprint density at radius 1 is 1.33 bits per heavy atom. The molecule has 0 atom stereocenters. The molecule has 1 aliphatic heterocycles. The normalized spacial score (nSPS) is 22.4. The summed E-state index contributed by atoms with van der Waals surface area (Å²) in [5.41, 5.74) is 0. The van der Waals surface area contributed by atoms with Crippen molar-refractivity contribution in [3.63, 3.8) is 0 Å². The Bertz CT molecular complexity index is 169. The molecule has 12 heavy (non-hydrogen) atoms. The third-order valence-corrected chi connectivity index (χ3v) is 5.93. The van der Waals surface area contributed by atoms with E-state index in [1.54, 1.807) is 0 Å². The van der Waals surface area contributed by atoms with Gasteiger partial charge in [0.15, 0.2) is 0 Å². The molecular formula is C9H19NOSi. The predicted molar refractivity (Wildman–Crippen MR) is 54.0 cm³/mol. The SMILES string of the molecule is CCC(=O)N1CC[Si](C)(C)CC1. The van der Waals surface area contributed by atoms with Gasteiger partial charge in [0.05, 0.1) is 8.07 Å². The smallest absolute Gasteiger partial charge is 0.222 e. The fourth-order valence-corrected chi connectivity index (χ4v) is 3.59. The van der Waals surface area contributed by atoms with Gasteiger partial charge in [0, 0.05) is 19.5 Å². The van der Waals surface area contributed by atoms with Gasteiger partial charge in [-0.1, -0.05) is 20.0 Å². The van der Waals surface area contributed by atoms with Gasteiger partial charge in [-0.3, -0.25) is 4.79 Å². The standard InChI is InChI=1S/C9H19NOSi/c1-4-9(11)10-5-7-12(2,3)8-6-10/h4-8H2,1-3H3. The zero-order valence-electron chi connectivity index (χ0n) is 8.39. The molecule has 3 heteroatoms. The van der Waals surface area contributed by atoms with Crippen LogP contribution < -0.4 is 0 Å². The zero-order chi connectivity index (χ0) is 9.19. The molecule has 1 saturated heterocycles. The van der Waals surface area contributed by atoms with E-state index in [1.165, 1.54) is 12.1 Å². The van der Waals surface area contributed by atoms with Gasteiger partial charge >= 0.3 is 0 Å². The third kappa shape index (κ3) is 2.34. The number of amides is 1. The Labute approximate surface area is 76.0 Å². The van der Waals surface area contributed by atoms with Crippen molar-refractivity contribution in [2.45, 2.75) is 38.5 Å². The van der Waals surface area contributed by atoms with Crippen molar-refractivity contribution in [1.82, 2.24) is 4.90 Å². The molecule has 0 spiro atoms. The summed E-state index contributed by atoms with van der Waals surface area (Å²) in [4.78, 5) is 13.3. The van der Waals surface area contributed by atoms with E-state index >= 15 is 0 Å². The first-order valence-corrected chi connectivity index (χ1v) is 8.24. The second kappa shape index (κ2) is 3.60. The second-order valence-corrected chi connectivity index (χ2v) is 9.73. The molecule has 1 heterocycles. The fourth-order valence-electron chi connectivity index (χ4n) is 1.59. The Balaban J connectivity index is 2.41. The minimum absolute atomic E-state index is 0.333. The van der Waals surface area contributed by atoms with E-state index in [-0.39, 0.29) is 0 Å². The molecule has 0 aliphatic carbocycles. The van der Waals surface area contributed by atoms with Crippen molar-refractivity contribution < 1.29 is 4.79 Å². The first-order valence-electron chi connectivity index (χ1n) is 4.83. The van der Waals surface area contributed by atoms with Crippen LogP contribution in [-0.4, -0.2) is 32.0 Å². The van der Waals surface area contributed by atoms with Crippen molar-refractivity contribution in [2.75, 3.05) is 13.1 Å². The quantitative estimate of drug-likeness (QED) is 0.572. The highest BCUT2D eigenvalue weighted by Gasteiger charge is 2.28. The number of hydrogen-bond acceptors (Lipinski definition) is 1. The van der Waals surface area contributed by atoms with E-state index in [0.717, 1.165) is 13.1 Å². The van der Waals surface area contributed by atoms with E-state index in [4.69, 9.17) is 0 Å². The molecule has 0 radical (unpaired) electrons. The zero-order valence-corrected chi connectivity index (χ0v) is 9.39. The lowest BCUT2D eigenvalue weighted by molar-refractivity contribution is -0.130. The Morgan fingerprint density at radius 2 is 1.83 bits per heavy atom. The number of hydrogen-bond donors (Lipinski definition) is 0. The molecule has 1 aliphatic rings. The highest BCUT2D eigenvalue weighted by molar-refractivity contribution is 6.77. The van der Waals surface area contributed by atoms with Crippen LogP contribution >= 0.6 is 0 Å². The van der Waals surface area contributed by atoms with E-state index < -0.39 is 8.07 Å². The summed E-state index contributed by atoms with van der Waals surface area (Å²) < 4.78 is 0. The molecule has 0 bridgehead atoms. The summed E-state index contributed by atoms with van der Waals surface area (Å²) in [5.74, 6) is 0.333. The van der Waals surface area contributed by atoms with Crippen LogP contribution in [0, 0.1) is 0 Å². The summed E-state index contributed by atoms with van der Waals surface area (Å²) in [6, 6.07) is 2.58. The molecule has 0 aromatic rings. The van der Waals surface area contributed by atoms with Gasteiger partial charge in [-0.15, -0.1) is 0 Å². The van der Waals surface area contributed by atoms with Crippen LogP contribution in [0.2, 0.25) is 25.2 Å². The van der Waals surface area contributed by atoms with Gasteiger partial charge < -0.3 is 4.90 Å². The summed E-state index contributed by atoms with van der Waals surface area (Å²) in [7, 11) is -0.885. The Kier molecular flexibility index (Phi) is 2.93. The molecule has 1 rings (SSSR count). The average molecular weight is 185 g/mol. The second-order valence-electron chi connectivity index (χ2n) is 4.40. The number of nitrogens with zero attached hydrogens (tertiary/aromatic N) is 1. The van der Waals surface area contributed by atoms with E-state index in [1.807, 2.05) is 11.8 Å². The Hall–Kier alpha value is -0.313. The van der Waals surface area contributed by atoms with Gasteiger partial charge in [0.2, 0.25) is 5.91 Å². The van der Waals surface area contributed by atoms with Crippen molar-refractivity contribution >= 4 is 14.0 Å². The van der Waals surface area contributed by atoms with Crippen LogP contribution in [0.25, 0.3) is 0 Å². The molecule has 0 saturated carbocycles. The third-order valence-electron chi connectivity index (χ3n) is 2.77. The van der Waals surface area contributed by atoms with Crippen LogP contribution in [0.5, 0.6) is 0 Å². The number of carbonyl (C=O) groups excluding carboxylic acids is 1. The predicted octanol–water partition coefficient (Wildman–Crippen LogP) is 1.95. The maximum absolute atomic E-state index is 11.3. The van der Waals surface area contributed by atoms with E-state index in [9.17, 15) is 4.79 Å². The van der Waals surface area contributed by atoms with E-state index in [2.05, 4.69) is 13.1 Å². The summed E-state index contributed by atoms with van der Waals surface area (Å²) >= 11 is 0. The molecule has 0 N–H and O–H groups in total. The summed E-state index contributed by atoms with van der Waals surface area (Å²) in [5, 5.41) is 0. The van der Waals surface area contributed by atoms with Crippen LogP contribution in [0.15, 0.2) is 0 Å². The van der Waals surface area contributed by atoms with Crippen LogP contribution in [-0.2, 0) is 4.79 Å². The van der Waals surface area contributed by atoms with Crippen LogP contribution in [0.1, 0.15) is 13.3 Å². The van der Waals surface area contributed by atoms with Gasteiger partial charge in [-0.05, 0) is 12.1 Å². The average Bonchev–Trinajstić information content (AvgIpc) is 2.03. The minimum atomic E-state index is -0.885. The van der Waals surface area contributed by atoms with Gasteiger partial charge in [0.1, 0.15) is 0 Å². The minimum Gasteiger partial charge on any atom is -0.343 e. The van der Waals surface area contributed by atoms with Gasteiger partial charge in [-0.25, -0.2) is 0 Å². The highest BCUT2D eigenvalue weighted by atomic mass is 28.3. The van der Waals surface area contributed by atoms with Gasteiger partial charge in [0.25, 0.3) is 0 Å². The first kappa shape index (κ1) is 9.77. The van der Waals surface area contributed by atoms with Crippen molar-refractivity contribution in [1.29, 1.82) is 0 Å². The number of carbonyl (C=O) groups is 1. The summed E-state index contributed by atoms with van der Waals surface area (Å²) in [6.45, 7) is 8.82. The molecule has 2 nitrogen and oxygen atoms in total. The molecule has 0 unspecified atom stereocenters. The van der Waals surface area contributed by atoms with Crippen molar-refractivity contribution in [3.8, 4) is 0 Å². The lowest BCUT2D eigenvalue weighted by Gasteiger charge is -2.35. The fraction of sp³-hybridized carbons (Fsp3) is 0.889. The molecular weight excluding hydrogens is 166 g/mol. The monoisotopic (exact) mass is 185 g/mol. The van der Waals surface area contributed by atoms with Crippen molar-refractivity contribution in [3.05, 3.63) is 0 Å². The molecule has 70 valence electrons. The first-order chi connectivity index (χ1) is 5.55. The summed E-state index contributed by atoms with van der Waals surface area (Å²) in [6.07, 6.45) is 0.669. The van der Waals surface area contributed by atoms with Gasteiger partial charge in [-0.2, -0.15) is 0 Å². The highest BCUT2D eigenvalue weighted by Crippen LogP contribution is 2.21. The molecule has 0 aromatic heterocycles. The molecule has 1 fully saturated rings. The maximum atomic E-state index is 11.3. The lowest BCUT2D eigenvalue weighted by Crippen LogP contribution is -2.45. The topological polar surface area (TPSA) is 20.3 Å². The van der Waals surface area contributed by atoms with Crippen LogP contribution in [0.4, 0.5) is 0 Å². The molecule has 0 aromatic carbocycles. The number of rotatable bonds is 1. The molecule has 1 amide bonds. The van der Waals surface area contributed by atoms with E-state index in [0.29, 0.717) is 12.3 Å².